The minimum atomic E-state index is -0.266. The summed E-state index contributed by atoms with van der Waals surface area (Å²) in [6.45, 7) is 2.02. The van der Waals surface area contributed by atoms with Crippen LogP contribution in [0.25, 0.3) is 5.52 Å². The Morgan fingerprint density at radius 2 is 2.10 bits per heavy atom. The lowest BCUT2D eigenvalue weighted by Crippen LogP contribution is -2.49. The van der Waals surface area contributed by atoms with E-state index in [2.05, 4.69) is 0 Å². The molecular weight excluding hydrogens is 266 g/mol. The SMILES string of the molecule is Cc1cccn2cc(C(=O)N(C)C3CC(C(N)=O)C3)cc12. The van der Waals surface area contributed by atoms with Crippen LogP contribution in [0.1, 0.15) is 28.8 Å². The summed E-state index contributed by atoms with van der Waals surface area (Å²) in [6, 6.07) is 6.01. The van der Waals surface area contributed by atoms with Crippen LogP contribution >= 0.6 is 0 Å². The molecule has 2 heterocycles. The van der Waals surface area contributed by atoms with E-state index in [-0.39, 0.29) is 23.8 Å². The maximum Gasteiger partial charge on any atom is 0.255 e. The van der Waals surface area contributed by atoms with Crippen LogP contribution < -0.4 is 5.73 Å². The van der Waals surface area contributed by atoms with E-state index in [1.54, 1.807) is 11.9 Å². The summed E-state index contributed by atoms with van der Waals surface area (Å²) < 4.78 is 1.96. The van der Waals surface area contributed by atoms with Crippen LogP contribution in [0.2, 0.25) is 0 Å². The molecule has 0 spiro atoms. The maximum atomic E-state index is 12.5. The first-order valence-electron chi connectivity index (χ1n) is 7.11. The van der Waals surface area contributed by atoms with Crippen molar-refractivity contribution >= 4 is 17.3 Å². The number of rotatable bonds is 3. The molecule has 0 saturated heterocycles. The summed E-state index contributed by atoms with van der Waals surface area (Å²) in [5.41, 5.74) is 8.12. The molecular formula is C16H19N3O2. The van der Waals surface area contributed by atoms with Gasteiger partial charge >= 0.3 is 0 Å². The maximum absolute atomic E-state index is 12.5. The Bertz CT molecular complexity index is 713. The van der Waals surface area contributed by atoms with Crippen molar-refractivity contribution in [2.75, 3.05) is 7.05 Å². The first kappa shape index (κ1) is 13.7. The zero-order valence-corrected chi connectivity index (χ0v) is 12.2. The molecule has 5 heteroatoms. The lowest BCUT2D eigenvalue weighted by atomic mass is 9.79. The molecule has 110 valence electrons. The Morgan fingerprint density at radius 3 is 2.71 bits per heavy atom. The third-order valence-corrected chi connectivity index (χ3v) is 4.48. The van der Waals surface area contributed by atoms with Gasteiger partial charge in [0.05, 0.1) is 5.56 Å². The van der Waals surface area contributed by atoms with Gasteiger partial charge in [0, 0.05) is 36.9 Å². The molecule has 2 aromatic rings. The Labute approximate surface area is 123 Å². The second kappa shape index (κ2) is 4.91. The van der Waals surface area contributed by atoms with E-state index < -0.39 is 0 Å². The van der Waals surface area contributed by atoms with E-state index in [0.717, 1.165) is 11.1 Å². The highest BCUT2D eigenvalue weighted by molar-refractivity contribution is 5.96. The monoisotopic (exact) mass is 285 g/mol. The largest absolute Gasteiger partial charge is 0.369 e. The highest BCUT2D eigenvalue weighted by atomic mass is 16.2. The number of primary amides is 1. The van der Waals surface area contributed by atoms with Gasteiger partial charge in [-0.05, 0) is 37.5 Å². The molecule has 2 amide bonds. The van der Waals surface area contributed by atoms with Gasteiger partial charge in [0.25, 0.3) is 5.91 Å². The van der Waals surface area contributed by atoms with Gasteiger partial charge in [-0.3, -0.25) is 9.59 Å². The fraction of sp³-hybridized carbons (Fsp3) is 0.375. The summed E-state index contributed by atoms with van der Waals surface area (Å²) >= 11 is 0. The molecule has 0 atom stereocenters. The fourth-order valence-electron chi connectivity index (χ4n) is 2.91. The topological polar surface area (TPSA) is 67.8 Å². The van der Waals surface area contributed by atoms with Gasteiger partial charge in [0.2, 0.25) is 5.91 Å². The van der Waals surface area contributed by atoms with Crippen molar-refractivity contribution in [2.24, 2.45) is 11.7 Å². The third-order valence-electron chi connectivity index (χ3n) is 4.48. The van der Waals surface area contributed by atoms with E-state index in [9.17, 15) is 9.59 Å². The standard InChI is InChI=1S/C16H19N3O2/c1-10-4-3-5-19-9-12(8-14(10)19)16(21)18(2)13-6-11(7-13)15(17)20/h3-5,8-9,11,13H,6-7H2,1-2H3,(H2,17,20). The normalized spacial score (nSPS) is 21.0. The highest BCUT2D eigenvalue weighted by Crippen LogP contribution is 2.31. The molecule has 3 rings (SSSR count). The molecule has 2 N–H and O–H groups in total. The Morgan fingerprint density at radius 1 is 1.38 bits per heavy atom. The minimum Gasteiger partial charge on any atom is -0.369 e. The van der Waals surface area contributed by atoms with E-state index in [1.807, 2.05) is 41.9 Å². The number of hydrogen-bond donors (Lipinski definition) is 1. The zero-order chi connectivity index (χ0) is 15.1. The van der Waals surface area contributed by atoms with Crippen LogP contribution in [0.5, 0.6) is 0 Å². The van der Waals surface area contributed by atoms with E-state index in [4.69, 9.17) is 5.73 Å². The van der Waals surface area contributed by atoms with Gasteiger partial charge in [-0.15, -0.1) is 0 Å². The Hall–Kier alpha value is -2.30. The average molecular weight is 285 g/mol. The number of carbonyl (C=O) groups is 2. The molecule has 1 fully saturated rings. The summed E-state index contributed by atoms with van der Waals surface area (Å²) in [5.74, 6) is -0.357. The summed E-state index contributed by atoms with van der Waals surface area (Å²) in [5, 5.41) is 0. The van der Waals surface area contributed by atoms with Gasteiger partial charge in [0.1, 0.15) is 0 Å². The fourth-order valence-corrected chi connectivity index (χ4v) is 2.91. The van der Waals surface area contributed by atoms with Crippen molar-refractivity contribution in [3.05, 3.63) is 41.7 Å². The van der Waals surface area contributed by atoms with Crippen molar-refractivity contribution in [3.8, 4) is 0 Å². The predicted octanol–water partition coefficient (Wildman–Crippen LogP) is 1.58. The lowest BCUT2D eigenvalue weighted by Gasteiger charge is -2.39. The number of aromatic nitrogens is 1. The van der Waals surface area contributed by atoms with Crippen molar-refractivity contribution in [3.63, 3.8) is 0 Å². The van der Waals surface area contributed by atoms with Crippen LogP contribution in [-0.4, -0.2) is 34.2 Å². The molecule has 0 radical (unpaired) electrons. The molecule has 0 unspecified atom stereocenters. The second-order valence-electron chi connectivity index (χ2n) is 5.85. The Balaban J connectivity index is 1.78. The summed E-state index contributed by atoms with van der Waals surface area (Å²) in [6.07, 6.45) is 5.13. The summed E-state index contributed by atoms with van der Waals surface area (Å²) in [4.78, 5) is 25.3. The van der Waals surface area contributed by atoms with Crippen LogP contribution in [-0.2, 0) is 4.79 Å². The first-order chi connectivity index (χ1) is 9.97. The number of nitrogens with zero attached hydrogens (tertiary/aromatic N) is 2. The third kappa shape index (κ3) is 2.28. The van der Waals surface area contributed by atoms with Gasteiger partial charge in [-0.25, -0.2) is 0 Å². The van der Waals surface area contributed by atoms with Crippen molar-refractivity contribution in [1.29, 1.82) is 0 Å². The molecule has 2 aromatic heterocycles. The summed E-state index contributed by atoms with van der Waals surface area (Å²) in [7, 11) is 1.79. The lowest BCUT2D eigenvalue weighted by molar-refractivity contribution is -0.125. The van der Waals surface area contributed by atoms with Gasteiger partial charge in [-0.1, -0.05) is 6.07 Å². The van der Waals surface area contributed by atoms with Crippen molar-refractivity contribution < 1.29 is 9.59 Å². The molecule has 0 bridgehead atoms. The number of nitrogens with two attached hydrogens (primary N) is 1. The van der Waals surface area contributed by atoms with Crippen molar-refractivity contribution in [2.45, 2.75) is 25.8 Å². The number of aryl methyl sites for hydroxylation is 1. The molecule has 0 aliphatic heterocycles. The van der Waals surface area contributed by atoms with Gasteiger partial charge < -0.3 is 15.0 Å². The molecule has 21 heavy (non-hydrogen) atoms. The molecule has 0 aromatic carbocycles. The number of carbonyl (C=O) groups excluding carboxylic acids is 2. The minimum absolute atomic E-state index is 0.00831. The number of pyridine rings is 1. The van der Waals surface area contributed by atoms with E-state index in [0.29, 0.717) is 18.4 Å². The Kier molecular flexibility index (Phi) is 3.20. The molecule has 1 saturated carbocycles. The zero-order valence-electron chi connectivity index (χ0n) is 12.2. The average Bonchev–Trinajstić information content (AvgIpc) is 2.80. The first-order valence-corrected chi connectivity index (χ1v) is 7.11. The van der Waals surface area contributed by atoms with Gasteiger partial charge in [-0.2, -0.15) is 0 Å². The molecule has 1 aliphatic rings. The van der Waals surface area contributed by atoms with Gasteiger partial charge in [0.15, 0.2) is 0 Å². The van der Waals surface area contributed by atoms with E-state index >= 15 is 0 Å². The molecule has 5 nitrogen and oxygen atoms in total. The highest BCUT2D eigenvalue weighted by Gasteiger charge is 2.37. The second-order valence-corrected chi connectivity index (χ2v) is 5.85. The quantitative estimate of drug-likeness (QED) is 0.930. The molecule has 1 aliphatic carbocycles. The number of fused-ring (bicyclic) bond motifs is 1. The predicted molar refractivity (Wildman–Crippen MR) is 79.9 cm³/mol. The van der Waals surface area contributed by atoms with Crippen LogP contribution in [0.15, 0.2) is 30.6 Å². The van der Waals surface area contributed by atoms with E-state index in [1.165, 1.54) is 0 Å². The van der Waals surface area contributed by atoms with Crippen molar-refractivity contribution in [1.82, 2.24) is 9.30 Å². The number of hydrogen-bond acceptors (Lipinski definition) is 2. The smallest absolute Gasteiger partial charge is 0.255 e. The van der Waals surface area contributed by atoms with Crippen LogP contribution in [0, 0.1) is 12.8 Å². The number of amides is 2. The van der Waals surface area contributed by atoms with Crippen LogP contribution in [0.3, 0.4) is 0 Å². The van der Waals surface area contributed by atoms with Crippen LogP contribution in [0.4, 0.5) is 0 Å².